The van der Waals surface area contributed by atoms with Crippen molar-refractivity contribution < 1.29 is 23.7 Å². The zero-order chi connectivity index (χ0) is 39.2. The molecule has 2 aliphatic rings. The molecule has 0 unspecified atom stereocenters. The maximum absolute atomic E-state index is 12.7. The number of anilines is 2. The van der Waals surface area contributed by atoms with Crippen LogP contribution in [0.25, 0.3) is 21.5 Å². The number of imidazole rings is 1. The van der Waals surface area contributed by atoms with Gasteiger partial charge in [-0.2, -0.15) is 0 Å². The monoisotopic (exact) mass is 789 g/mol. The zero-order valence-electron chi connectivity index (χ0n) is 31.6. The van der Waals surface area contributed by atoms with E-state index in [2.05, 4.69) is 50.1 Å². The third-order valence-electron chi connectivity index (χ3n) is 10.1. The van der Waals surface area contributed by atoms with Gasteiger partial charge in [-0.3, -0.25) is 34.0 Å². The Morgan fingerprint density at radius 2 is 1.30 bits per heavy atom. The summed E-state index contributed by atoms with van der Waals surface area (Å²) in [6.45, 7) is 8.68. The smallest absolute Gasteiger partial charge is 0.261 e. The number of hydrogen-bond donors (Lipinski definition) is 2. The Labute approximate surface area is 334 Å². The van der Waals surface area contributed by atoms with Crippen molar-refractivity contribution in [3.8, 4) is 0 Å². The minimum atomic E-state index is -0.273. The molecule has 12 nitrogen and oxygen atoms in total. The first-order chi connectivity index (χ1) is 27.3. The first-order valence-corrected chi connectivity index (χ1v) is 21.2. The molecule has 0 spiro atoms. The van der Waals surface area contributed by atoms with E-state index in [4.69, 9.17) is 0 Å². The minimum Gasteiger partial charge on any atom is -0.384 e. The third kappa shape index (κ3) is 8.03. The van der Waals surface area contributed by atoms with E-state index in [0.717, 1.165) is 84.6 Å². The number of nitrogens with one attached hydrogen (secondary N) is 2. The van der Waals surface area contributed by atoms with Crippen molar-refractivity contribution in [2.75, 3.05) is 62.4 Å². The Morgan fingerprint density at radius 3 is 1.89 bits per heavy atom. The molecule has 3 heterocycles. The molecule has 1 aromatic heterocycles. The highest BCUT2D eigenvalue weighted by Crippen LogP contribution is 2.35. The SMILES string of the molecule is C=CN(C=NCCSSCCn1cc[n+](CCCNc2ccc3c4c(cccc24)C(=O)N(C)C3=O)c1)CCCNc1ccc2c3c(cccc13)C(=O)N(C)C2=O. The van der Waals surface area contributed by atoms with Gasteiger partial charge in [-0.1, -0.05) is 52.4 Å². The molecule has 0 saturated heterocycles. The second-order valence-electron chi connectivity index (χ2n) is 13.7. The summed E-state index contributed by atoms with van der Waals surface area (Å²) in [4.78, 5) is 59.7. The van der Waals surface area contributed by atoms with E-state index >= 15 is 0 Å². The van der Waals surface area contributed by atoms with Crippen LogP contribution in [0.3, 0.4) is 0 Å². The Morgan fingerprint density at radius 1 is 0.750 bits per heavy atom. The average Bonchev–Trinajstić information content (AvgIpc) is 3.68. The van der Waals surface area contributed by atoms with Crippen LogP contribution in [0.4, 0.5) is 11.4 Å². The maximum atomic E-state index is 12.7. The normalized spacial score (nSPS) is 13.8. The van der Waals surface area contributed by atoms with Crippen LogP contribution in [0.5, 0.6) is 0 Å². The van der Waals surface area contributed by atoms with Gasteiger partial charge in [0.15, 0.2) is 0 Å². The van der Waals surface area contributed by atoms with Crippen molar-refractivity contribution in [2.45, 2.75) is 25.9 Å². The topological polar surface area (TPSA) is 123 Å². The highest BCUT2D eigenvalue weighted by atomic mass is 33.1. The Hall–Kier alpha value is -5.60. The van der Waals surface area contributed by atoms with Crippen molar-refractivity contribution in [2.24, 2.45) is 4.99 Å². The second-order valence-corrected chi connectivity index (χ2v) is 16.4. The number of aryl methyl sites for hydroxylation is 2. The van der Waals surface area contributed by atoms with E-state index in [-0.39, 0.29) is 23.6 Å². The number of amides is 4. The molecule has 5 aromatic rings. The van der Waals surface area contributed by atoms with Gasteiger partial charge in [-0.05, 0) is 49.0 Å². The number of carbonyl (C=O) groups excluding carboxylic acids is 4. The molecule has 2 aliphatic heterocycles. The van der Waals surface area contributed by atoms with E-state index in [1.165, 1.54) is 23.9 Å². The van der Waals surface area contributed by atoms with Crippen LogP contribution in [0.2, 0.25) is 0 Å². The van der Waals surface area contributed by atoms with Gasteiger partial charge in [0.2, 0.25) is 6.33 Å². The fraction of sp³-hybridized carbons (Fsp3) is 0.286. The largest absolute Gasteiger partial charge is 0.384 e. The molecule has 0 atom stereocenters. The van der Waals surface area contributed by atoms with Gasteiger partial charge in [0, 0.05) is 107 Å². The van der Waals surface area contributed by atoms with Gasteiger partial charge in [0.1, 0.15) is 12.4 Å². The molecule has 288 valence electrons. The molecular formula is C42H45N8O4S2+. The molecule has 4 amide bonds. The Balaban J connectivity index is 0.765. The highest BCUT2D eigenvalue weighted by molar-refractivity contribution is 8.76. The van der Waals surface area contributed by atoms with E-state index in [0.29, 0.717) is 34.2 Å². The molecule has 0 bridgehead atoms. The van der Waals surface area contributed by atoms with Gasteiger partial charge in [0.05, 0.1) is 26.0 Å². The number of aromatic nitrogens is 2. The van der Waals surface area contributed by atoms with E-state index in [9.17, 15) is 19.2 Å². The second kappa shape index (κ2) is 17.5. The van der Waals surface area contributed by atoms with Gasteiger partial charge >= 0.3 is 0 Å². The summed E-state index contributed by atoms with van der Waals surface area (Å²) in [6, 6.07) is 18.7. The van der Waals surface area contributed by atoms with Gasteiger partial charge in [0.25, 0.3) is 23.6 Å². The molecule has 14 heteroatoms. The predicted molar refractivity (Wildman–Crippen MR) is 227 cm³/mol. The Kier molecular flexibility index (Phi) is 12.1. The number of aliphatic imine (C=N–C) groups is 1. The van der Waals surface area contributed by atoms with Crippen LogP contribution in [-0.2, 0) is 13.1 Å². The average molecular weight is 790 g/mol. The molecule has 4 aromatic carbocycles. The molecule has 0 radical (unpaired) electrons. The summed E-state index contributed by atoms with van der Waals surface area (Å²) >= 11 is 0. The first-order valence-electron chi connectivity index (χ1n) is 18.7. The minimum absolute atomic E-state index is 0.264. The lowest BCUT2D eigenvalue weighted by atomic mass is 9.93. The predicted octanol–water partition coefficient (Wildman–Crippen LogP) is 6.39. The zero-order valence-corrected chi connectivity index (χ0v) is 33.2. The number of benzene rings is 4. The number of nitrogens with zero attached hydrogens (tertiary/aromatic N) is 6. The van der Waals surface area contributed by atoms with E-state index in [1.807, 2.05) is 75.3 Å². The maximum Gasteiger partial charge on any atom is 0.261 e. The molecular weight excluding hydrogens is 745 g/mol. The van der Waals surface area contributed by atoms with Crippen LogP contribution >= 0.6 is 21.6 Å². The summed E-state index contributed by atoms with van der Waals surface area (Å²) in [5, 5.41) is 10.2. The van der Waals surface area contributed by atoms with E-state index in [1.54, 1.807) is 24.4 Å². The van der Waals surface area contributed by atoms with Gasteiger partial charge in [-0.15, -0.1) is 0 Å². The van der Waals surface area contributed by atoms with Gasteiger partial charge in [-0.25, -0.2) is 9.13 Å². The quantitative estimate of drug-likeness (QED) is 0.0245. The molecule has 2 N–H and O–H groups in total. The lowest BCUT2D eigenvalue weighted by Gasteiger charge is -2.24. The fourth-order valence-electron chi connectivity index (χ4n) is 7.12. The van der Waals surface area contributed by atoms with Crippen molar-refractivity contribution in [1.29, 1.82) is 0 Å². The molecule has 0 aliphatic carbocycles. The van der Waals surface area contributed by atoms with Crippen molar-refractivity contribution in [3.63, 3.8) is 0 Å². The number of hydrogen-bond acceptors (Lipinski definition) is 9. The highest BCUT2D eigenvalue weighted by Gasteiger charge is 2.32. The summed E-state index contributed by atoms with van der Waals surface area (Å²) in [5.41, 5.74) is 4.07. The molecule has 0 fully saturated rings. The summed E-state index contributed by atoms with van der Waals surface area (Å²) < 4.78 is 4.40. The van der Waals surface area contributed by atoms with Crippen molar-refractivity contribution in [3.05, 3.63) is 114 Å². The van der Waals surface area contributed by atoms with E-state index < -0.39 is 0 Å². The number of imide groups is 2. The van der Waals surface area contributed by atoms with Crippen LogP contribution in [0.15, 0.2) is 97.2 Å². The van der Waals surface area contributed by atoms with Crippen molar-refractivity contribution in [1.82, 2.24) is 19.3 Å². The lowest BCUT2D eigenvalue weighted by Crippen LogP contribution is -2.36. The van der Waals surface area contributed by atoms with Crippen LogP contribution in [0.1, 0.15) is 54.3 Å². The standard InChI is InChI=1S/C42H44N8O4S2/c1-4-48(20-7-17-44-35-15-13-33-37-29(35)9-5-11-31(37)39(51)46(2)41(33)53)27-43-19-25-55-56-26-24-50-23-22-49(28-50)21-8-18-45-36-16-14-34-38-30(36)10-6-12-32(38)40(52)47(3)42(34)54/h4-6,9-16,22-23,27-28H,1,7-8,17-21,24-26H2,2-3H3,(H-,44,45,51,52,53,54)/p+1. The van der Waals surface area contributed by atoms with Gasteiger partial charge < -0.3 is 15.5 Å². The fourth-order valence-corrected chi connectivity index (χ4v) is 8.98. The third-order valence-corrected chi connectivity index (χ3v) is 12.4. The molecule has 0 saturated carbocycles. The first kappa shape index (κ1) is 38.7. The summed E-state index contributed by atoms with van der Waals surface area (Å²) in [5.74, 6) is 0.835. The van der Waals surface area contributed by atoms with Crippen LogP contribution in [0, 0.1) is 0 Å². The molecule has 56 heavy (non-hydrogen) atoms. The number of carbonyl (C=O) groups is 4. The lowest BCUT2D eigenvalue weighted by molar-refractivity contribution is -0.696. The summed E-state index contributed by atoms with van der Waals surface area (Å²) in [6.07, 6.45) is 11.7. The molecule has 7 rings (SSSR count). The number of rotatable bonds is 19. The van der Waals surface area contributed by atoms with Crippen LogP contribution < -0.4 is 15.2 Å². The van der Waals surface area contributed by atoms with Crippen LogP contribution in [-0.4, -0.2) is 101 Å². The van der Waals surface area contributed by atoms with Crippen molar-refractivity contribution >= 4 is 84.5 Å². The summed E-state index contributed by atoms with van der Waals surface area (Å²) in [7, 11) is 6.72. The Bertz CT molecular complexity index is 2310.